The molecule has 0 radical (unpaired) electrons. The third-order valence-corrected chi connectivity index (χ3v) is 5.77. The number of Topliss-reactive ketones (excluding diaryl/α,β-unsaturated/α-hetero) is 1. The molecule has 0 spiro atoms. The second-order valence-electron chi connectivity index (χ2n) is 7.31. The Morgan fingerprint density at radius 2 is 1.90 bits per heavy atom. The number of ketones is 1. The molecule has 1 N–H and O–H groups in total. The molecule has 154 valence electrons. The van der Waals surface area contributed by atoms with Crippen molar-refractivity contribution in [1.82, 2.24) is 0 Å². The van der Waals surface area contributed by atoms with Gasteiger partial charge in [-0.15, -0.1) is 0 Å². The number of methoxy groups -OCH3 is 3. The van der Waals surface area contributed by atoms with E-state index in [1.54, 1.807) is 39.5 Å². The number of ether oxygens (including phenoxy) is 5. The van der Waals surface area contributed by atoms with Gasteiger partial charge < -0.3 is 28.6 Å². The summed E-state index contributed by atoms with van der Waals surface area (Å²) in [7, 11) is 6.89. The van der Waals surface area contributed by atoms with Gasteiger partial charge >= 0.3 is 0 Å². The van der Waals surface area contributed by atoms with Crippen molar-refractivity contribution >= 4 is 5.78 Å². The summed E-state index contributed by atoms with van der Waals surface area (Å²) < 4.78 is 27.6. The minimum atomic E-state index is -0.0382. The summed E-state index contributed by atoms with van der Waals surface area (Å²) in [5, 5.41) is 0. The third kappa shape index (κ3) is 3.35. The van der Waals surface area contributed by atoms with E-state index in [-0.39, 0.29) is 18.6 Å². The molecule has 7 nitrogen and oxygen atoms in total. The van der Waals surface area contributed by atoms with E-state index in [9.17, 15) is 4.79 Å². The summed E-state index contributed by atoms with van der Waals surface area (Å²) in [6.45, 7) is 1.12. The van der Waals surface area contributed by atoms with Crippen LogP contribution < -0.4 is 28.6 Å². The molecular formula is C22H26NO6+. The van der Waals surface area contributed by atoms with Crippen LogP contribution in [0.3, 0.4) is 0 Å². The number of hydrogen-bond donors (Lipinski definition) is 1. The highest BCUT2D eigenvalue weighted by Crippen LogP contribution is 2.48. The zero-order chi connectivity index (χ0) is 20.5. The van der Waals surface area contributed by atoms with Gasteiger partial charge in [0.1, 0.15) is 6.04 Å². The average molecular weight is 400 g/mol. The number of fused-ring (bicyclic) bond motifs is 2. The smallest absolute Gasteiger partial charge is 0.231 e. The Morgan fingerprint density at radius 1 is 1.10 bits per heavy atom. The van der Waals surface area contributed by atoms with Crippen molar-refractivity contribution < 1.29 is 33.4 Å². The maximum atomic E-state index is 13.2. The number of rotatable bonds is 6. The van der Waals surface area contributed by atoms with Gasteiger partial charge in [0, 0.05) is 12.0 Å². The molecule has 0 amide bonds. The van der Waals surface area contributed by atoms with Gasteiger partial charge in [-0.2, -0.15) is 0 Å². The Hall–Kier alpha value is -2.93. The minimum absolute atomic E-state index is 0.0382. The van der Waals surface area contributed by atoms with Gasteiger partial charge in [0.05, 0.1) is 46.9 Å². The highest BCUT2D eigenvalue weighted by Gasteiger charge is 2.37. The fourth-order valence-corrected chi connectivity index (χ4v) is 4.21. The van der Waals surface area contributed by atoms with E-state index >= 15 is 0 Å². The van der Waals surface area contributed by atoms with Crippen LogP contribution in [0.15, 0.2) is 24.3 Å². The largest absolute Gasteiger partial charge is 0.493 e. The van der Waals surface area contributed by atoms with E-state index in [0.717, 1.165) is 24.1 Å². The average Bonchev–Trinajstić information content (AvgIpc) is 3.21. The first kappa shape index (κ1) is 19.4. The van der Waals surface area contributed by atoms with Crippen LogP contribution in [0.25, 0.3) is 0 Å². The quantitative estimate of drug-likeness (QED) is 0.747. The molecule has 2 atom stereocenters. The third-order valence-electron chi connectivity index (χ3n) is 5.77. The molecule has 0 saturated heterocycles. The van der Waals surface area contributed by atoms with Crippen molar-refractivity contribution in [1.29, 1.82) is 0 Å². The Kier molecular flexibility index (Phi) is 5.24. The second kappa shape index (κ2) is 7.83. The van der Waals surface area contributed by atoms with Crippen LogP contribution in [0, 0.1) is 0 Å². The number of hydrogen-bond acceptors (Lipinski definition) is 6. The van der Waals surface area contributed by atoms with Gasteiger partial charge in [-0.3, -0.25) is 4.79 Å². The number of nitrogens with one attached hydrogen (secondary N) is 1. The summed E-state index contributed by atoms with van der Waals surface area (Å²) in [6, 6.07) is 7.26. The van der Waals surface area contributed by atoms with Crippen LogP contribution in [-0.2, 0) is 6.42 Å². The predicted octanol–water partition coefficient (Wildman–Crippen LogP) is 1.83. The first-order chi connectivity index (χ1) is 14.1. The number of carbonyl (C=O) groups is 1. The molecule has 1 unspecified atom stereocenters. The lowest BCUT2D eigenvalue weighted by Gasteiger charge is -2.32. The van der Waals surface area contributed by atoms with Crippen LogP contribution >= 0.6 is 0 Å². The molecule has 2 aliphatic rings. The topological polar surface area (TPSA) is 67.7 Å². The van der Waals surface area contributed by atoms with E-state index in [4.69, 9.17) is 23.7 Å². The van der Waals surface area contributed by atoms with Gasteiger partial charge in [0.15, 0.2) is 28.8 Å². The summed E-state index contributed by atoms with van der Waals surface area (Å²) in [6.07, 6.45) is 1.25. The van der Waals surface area contributed by atoms with E-state index in [2.05, 4.69) is 7.05 Å². The van der Waals surface area contributed by atoms with Crippen LogP contribution in [0.5, 0.6) is 28.7 Å². The number of carbonyl (C=O) groups excluding carboxylic acids is 1. The SMILES string of the molecule is COc1ccc(C(=O)C[C@@H]2c3c(cc4c(c3OC)OCO4)CC[NH+]2C)cc1OC. The molecule has 0 aromatic heterocycles. The van der Waals surface area contributed by atoms with Crippen molar-refractivity contribution in [3.8, 4) is 28.7 Å². The van der Waals surface area contributed by atoms with Crippen molar-refractivity contribution in [3.63, 3.8) is 0 Å². The van der Waals surface area contributed by atoms with E-state index in [0.29, 0.717) is 40.7 Å². The van der Waals surface area contributed by atoms with Crippen molar-refractivity contribution in [2.45, 2.75) is 18.9 Å². The lowest BCUT2D eigenvalue weighted by Crippen LogP contribution is -3.10. The minimum Gasteiger partial charge on any atom is -0.493 e. The van der Waals surface area contributed by atoms with Crippen LogP contribution in [-0.4, -0.2) is 47.5 Å². The zero-order valence-corrected chi connectivity index (χ0v) is 17.2. The molecule has 0 fully saturated rings. The Morgan fingerprint density at radius 3 is 2.62 bits per heavy atom. The van der Waals surface area contributed by atoms with Crippen LogP contribution in [0.4, 0.5) is 0 Å². The summed E-state index contributed by atoms with van der Waals surface area (Å²) in [5.41, 5.74) is 2.79. The van der Waals surface area contributed by atoms with Gasteiger partial charge in [-0.1, -0.05) is 0 Å². The van der Waals surface area contributed by atoms with E-state index in [1.165, 1.54) is 4.90 Å². The fraction of sp³-hybridized carbons (Fsp3) is 0.409. The standard InChI is InChI=1S/C22H25NO6/c1-23-8-7-14-10-19-21(29-12-28-19)22(27-4)20(14)15(23)11-16(24)13-5-6-17(25-2)18(9-13)26-3/h5-6,9-10,15H,7-8,11-12H2,1-4H3/p+1/t15-/m1/s1. The van der Waals surface area contributed by atoms with Crippen molar-refractivity contribution in [3.05, 3.63) is 41.0 Å². The van der Waals surface area contributed by atoms with Crippen LogP contribution in [0.1, 0.15) is 33.9 Å². The first-order valence-electron chi connectivity index (χ1n) is 9.64. The highest BCUT2D eigenvalue weighted by atomic mass is 16.7. The molecule has 4 rings (SSSR count). The monoisotopic (exact) mass is 400 g/mol. The first-order valence-corrected chi connectivity index (χ1v) is 9.64. The Labute approximate surface area is 170 Å². The van der Waals surface area contributed by atoms with E-state index in [1.807, 2.05) is 6.07 Å². The lowest BCUT2D eigenvalue weighted by atomic mass is 9.87. The van der Waals surface area contributed by atoms with Gasteiger partial charge in [0.2, 0.25) is 12.5 Å². The van der Waals surface area contributed by atoms with Gasteiger partial charge in [-0.05, 0) is 29.8 Å². The Balaban J connectivity index is 1.69. The molecule has 2 aromatic carbocycles. The molecule has 0 bridgehead atoms. The zero-order valence-electron chi connectivity index (χ0n) is 17.2. The second-order valence-corrected chi connectivity index (χ2v) is 7.31. The molecule has 2 aromatic rings. The summed E-state index contributed by atoms with van der Waals surface area (Å²) >= 11 is 0. The molecule has 7 heteroatoms. The summed E-state index contributed by atoms with van der Waals surface area (Å²) in [4.78, 5) is 14.4. The molecule has 0 saturated carbocycles. The van der Waals surface area contributed by atoms with Crippen LogP contribution in [0.2, 0.25) is 0 Å². The molecule has 0 aliphatic carbocycles. The number of benzene rings is 2. The number of likely N-dealkylation sites (N-methyl/N-ethyl adjacent to an activating group) is 1. The highest BCUT2D eigenvalue weighted by molar-refractivity contribution is 5.97. The fourth-order valence-electron chi connectivity index (χ4n) is 4.21. The predicted molar refractivity (Wildman–Crippen MR) is 106 cm³/mol. The lowest BCUT2D eigenvalue weighted by molar-refractivity contribution is -0.913. The maximum absolute atomic E-state index is 13.2. The molecule has 2 aliphatic heterocycles. The van der Waals surface area contributed by atoms with Gasteiger partial charge in [-0.25, -0.2) is 0 Å². The maximum Gasteiger partial charge on any atom is 0.231 e. The summed E-state index contributed by atoms with van der Waals surface area (Å²) in [5.74, 6) is 3.21. The Bertz CT molecular complexity index is 941. The van der Waals surface area contributed by atoms with Gasteiger partial charge in [0.25, 0.3) is 0 Å². The molecular weight excluding hydrogens is 374 g/mol. The molecule has 29 heavy (non-hydrogen) atoms. The molecule has 2 heterocycles. The van der Waals surface area contributed by atoms with Crippen molar-refractivity contribution in [2.75, 3.05) is 41.7 Å². The van der Waals surface area contributed by atoms with E-state index < -0.39 is 0 Å². The normalized spacial score (nSPS) is 19.4. The van der Waals surface area contributed by atoms with Crippen molar-refractivity contribution in [2.24, 2.45) is 0 Å². The number of quaternary nitrogens is 1.